The van der Waals surface area contributed by atoms with Crippen molar-refractivity contribution < 1.29 is 36.6 Å². The van der Waals surface area contributed by atoms with Crippen LogP contribution >= 0.6 is 0 Å². The van der Waals surface area contributed by atoms with Gasteiger partial charge in [-0.2, -0.15) is 36.9 Å². The van der Waals surface area contributed by atoms with Gasteiger partial charge in [0.1, 0.15) is 0 Å². The average Bonchev–Trinajstić information content (AvgIpc) is 3.68. The van der Waals surface area contributed by atoms with Crippen molar-refractivity contribution in [3.05, 3.63) is 143 Å². The number of rotatable bonds is 6. The standard InChI is InChI=1S/2C20H13F3N2O/c2*1-2-19(26,20(21,22)23)17-13-25(12-14-6-4-3-5-7-14)18-10-15(11-24)8-9-16(17)18/h2*1,3-10,13,26H,12H2. The van der Waals surface area contributed by atoms with Gasteiger partial charge in [-0.15, -0.1) is 12.8 Å². The van der Waals surface area contributed by atoms with E-state index in [-0.39, 0.29) is 23.9 Å². The second kappa shape index (κ2) is 14.1. The van der Waals surface area contributed by atoms with Gasteiger partial charge in [-0.1, -0.05) is 84.6 Å². The number of alkyl halides is 6. The number of aliphatic hydroxyl groups is 2. The van der Waals surface area contributed by atoms with E-state index in [4.69, 9.17) is 23.4 Å². The molecule has 260 valence electrons. The molecule has 0 saturated heterocycles. The van der Waals surface area contributed by atoms with Gasteiger partial charge in [0.15, 0.2) is 0 Å². The highest BCUT2D eigenvalue weighted by Crippen LogP contribution is 2.43. The summed E-state index contributed by atoms with van der Waals surface area (Å²) in [7, 11) is 0. The molecule has 12 heteroatoms. The van der Waals surface area contributed by atoms with E-state index in [1.807, 2.05) is 72.8 Å². The highest BCUT2D eigenvalue weighted by molar-refractivity contribution is 5.88. The second-order valence-electron chi connectivity index (χ2n) is 11.7. The molecule has 6 rings (SSSR count). The molecule has 0 spiro atoms. The molecule has 2 unspecified atom stereocenters. The summed E-state index contributed by atoms with van der Waals surface area (Å²) in [5.41, 5.74) is -4.60. The highest BCUT2D eigenvalue weighted by Gasteiger charge is 2.56. The van der Waals surface area contributed by atoms with Crippen molar-refractivity contribution in [3.8, 4) is 36.8 Å². The minimum absolute atomic E-state index is 0.151. The Morgan fingerprint density at radius 3 is 1.19 bits per heavy atom. The molecule has 0 fully saturated rings. The van der Waals surface area contributed by atoms with Crippen LogP contribution in [0.1, 0.15) is 33.4 Å². The number of hydrogen-bond donors (Lipinski definition) is 2. The van der Waals surface area contributed by atoms with Crippen molar-refractivity contribution in [2.45, 2.75) is 36.6 Å². The first-order valence-corrected chi connectivity index (χ1v) is 15.3. The van der Waals surface area contributed by atoms with Crippen molar-refractivity contribution in [3.63, 3.8) is 0 Å². The van der Waals surface area contributed by atoms with Crippen molar-refractivity contribution in [2.75, 3.05) is 0 Å². The average molecular weight is 709 g/mol. The molecule has 2 aromatic heterocycles. The molecule has 0 amide bonds. The number of nitriles is 2. The summed E-state index contributed by atoms with van der Waals surface area (Å²) in [5, 5.41) is 38.9. The second-order valence-corrected chi connectivity index (χ2v) is 11.7. The fraction of sp³-hybridized carbons (Fsp3) is 0.150. The third-order valence-corrected chi connectivity index (χ3v) is 8.43. The molecular formula is C40H26F6N4O2. The molecule has 2 heterocycles. The molecule has 0 bridgehead atoms. The van der Waals surface area contributed by atoms with Gasteiger partial charge < -0.3 is 19.3 Å². The van der Waals surface area contributed by atoms with Gasteiger partial charge in [-0.25, -0.2) is 0 Å². The number of nitrogens with zero attached hydrogens (tertiary/aromatic N) is 4. The monoisotopic (exact) mass is 708 g/mol. The van der Waals surface area contributed by atoms with E-state index in [9.17, 15) is 36.6 Å². The first-order chi connectivity index (χ1) is 24.6. The van der Waals surface area contributed by atoms with Gasteiger partial charge in [-0.3, -0.25) is 0 Å². The number of aromatic nitrogens is 2. The Morgan fingerprint density at radius 1 is 0.558 bits per heavy atom. The maximum absolute atomic E-state index is 13.4. The van der Waals surface area contributed by atoms with E-state index in [1.165, 1.54) is 60.6 Å². The van der Waals surface area contributed by atoms with Crippen molar-refractivity contribution in [1.29, 1.82) is 10.5 Å². The van der Waals surface area contributed by atoms with E-state index < -0.39 is 34.7 Å². The SMILES string of the molecule is C#CC(O)(c1cn(Cc2ccccc2)c2cc(C#N)ccc12)C(F)(F)F.C#CC(O)(c1cn(Cc2ccccc2)c2cc(C#N)ccc12)C(F)(F)F. The molecule has 2 N–H and O–H groups in total. The molecule has 6 nitrogen and oxygen atoms in total. The van der Waals surface area contributed by atoms with Crippen LogP contribution in [0, 0.1) is 47.3 Å². The lowest BCUT2D eigenvalue weighted by molar-refractivity contribution is -0.240. The smallest absolute Gasteiger partial charge is 0.366 e. The topological polar surface area (TPSA) is 97.9 Å². The molecule has 0 aliphatic carbocycles. The van der Waals surface area contributed by atoms with Crippen LogP contribution in [0.5, 0.6) is 0 Å². The molecule has 2 atom stereocenters. The van der Waals surface area contributed by atoms with Crippen molar-refractivity contribution in [2.24, 2.45) is 0 Å². The number of fused-ring (bicyclic) bond motifs is 2. The first kappa shape index (κ1) is 36.8. The van der Waals surface area contributed by atoms with Crippen LogP contribution < -0.4 is 0 Å². The minimum Gasteiger partial charge on any atom is -0.366 e. The summed E-state index contributed by atoms with van der Waals surface area (Å²) >= 11 is 0. The molecule has 0 radical (unpaired) electrons. The zero-order valence-corrected chi connectivity index (χ0v) is 26.9. The molecule has 0 aliphatic rings. The van der Waals surface area contributed by atoms with Crippen LogP contribution in [0.2, 0.25) is 0 Å². The lowest BCUT2D eigenvalue weighted by atomic mass is 9.93. The molecule has 0 saturated carbocycles. The number of terminal acetylenes is 2. The summed E-state index contributed by atoms with van der Waals surface area (Å²) in [6.07, 6.45) is 2.43. The summed E-state index contributed by atoms with van der Waals surface area (Å²) in [6.45, 7) is 0.537. The van der Waals surface area contributed by atoms with E-state index in [2.05, 4.69) is 0 Å². The van der Waals surface area contributed by atoms with Crippen LogP contribution in [0.25, 0.3) is 21.8 Å². The van der Waals surface area contributed by atoms with Gasteiger partial charge in [0, 0.05) is 47.4 Å². The minimum atomic E-state index is -5.04. The van der Waals surface area contributed by atoms with Crippen LogP contribution in [0.4, 0.5) is 26.3 Å². The maximum Gasteiger partial charge on any atom is 0.433 e. The summed E-state index contributed by atoms with van der Waals surface area (Å²) < 4.78 is 83.8. The number of hydrogen-bond acceptors (Lipinski definition) is 4. The lowest BCUT2D eigenvalue weighted by Crippen LogP contribution is -2.40. The van der Waals surface area contributed by atoms with Crippen molar-refractivity contribution >= 4 is 21.8 Å². The predicted octanol–water partition coefficient (Wildman–Crippen LogP) is 7.89. The van der Waals surface area contributed by atoms with Gasteiger partial charge >= 0.3 is 12.4 Å². The Balaban J connectivity index is 0.000000201. The molecule has 4 aromatic carbocycles. The molecule has 6 aromatic rings. The van der Waals surface area contributed by atoms with Gasteiger partial charge in [-0.05, 0) is 35.4 Å². The van der Waals surface area contributed by atoms with Gasteiger partial charge in [0.2, 0.25) is 11.2 Å². The quantitative estimate of drug-likeness (QED) is 0.136. The zero-order chi connectivity index (χ0) is 37.9. The largest absolute Gasteiger partial charge is 0.433 e. The summed E-state index contributed by atoms with van der Waals surface area (Å²) in [6, 6.07) is 30.7. The van der Waals surface area contributed by atoms with Gasteiger partial charge in [0.25, 0.3) is 0 Å². The first-order valence-electron chi connectivity index (χ1n) is 15.3. The van der Waals surface area contributed by atoms with Crippen LogP contribution in [0.15, 0.2) is 109 Å². The van der Waals surface area contributed by atoms with E-state index in [1.54, 1.807) is 9.13 Å². The van der Waals surface area contributed by atoms with Crippen LogP contribution in [0.3, 0.4) is 0 Å². The van der Waals surface area contributed by atoms with E-state index in [0.717, 1.165) is 11.1 Å². The van der Waals surface area contributed by atoms with E-state index in [0.29, 0.717) is 22.2 Å². The van der Waals surface area contributed by atoms with Crippen LogP contribution in [-0.2, 0) is 24.3 Å². The Morgan fingerprint density at radius 2 is 0.904 bits per heavy atom. The van der Waals surface area contributed by atoms with Crippen molar-refractivity contribution in [1.82, 2.24) is 9.13 Å². The third kappa shape index (κ3) is 6.82. The zero-order valence-electron chi connectivity index (χ0n) is 26.9. The molecule has 0 aliphatic heterocycles. The fourth-order valence-corrected chi connectivity index (χ4v) is 5.75. The summed E-state index contributed by atoms with van der Waals surface area (Å²) in [4.78, 5) is 0. The Bertz CT molecular complexity index is 2250. The number of benzene rings is 4. The van der Waals surface area contributed by atoms with Gasteiger partial charge in [0.05, 0.1) is 34.3 Å². The van der Waals surface area contributed by atoms with Crippen LogP contribution in [-0.4, -0.2) is 31.7 Å². The maximum atomic E-state index is 13.4. The molecular weight excluding hydrogens is 682 g/mol. The Kier molecular flexibility index (Phi) is 9.96. The lowest BCUT2D eigenvalue weighted by Gasteiger charge is -2.24. The Labute approximate surface area is 294 Å². The van der Waals surface area contributed by atoms with E-state index >= 15 is 0 Å². The summed E-state index contributed by atoms with van der Waals surface area (Å²) in [5.74, 6) is 2.97. The highest BCUT2D eigenvalue weighted by atomic mass is 19.4. The number of halogens is 6. The fourth-order valence-electron chi connectivity index (χ4n) is 5.75. The normalized spacial score (nSPS) is 13.8. The third-order valence-electron chi connectivity index (χ3n) is 8.43. The Hall–Kier alpha value is -6.44. The predicted molar refractivity (Wildman–Crippen MR) is 182 cm³/mol. The molecule has 52 heavy (non-hydrogen) atoms.